The van der Waals surface area contributed by atoms with Crippen molar-refractivity contribution in [3.8, 4) is 0 Å². The van der Waals surface area contributed by atoms with Crippen LogP contribution < -0.4 is 0 Å². The Balaban J connectivity index is 0.000000261. The van der Waals surface area contributed by atoms with Crippen LogP contribution >= 0.6 is 8.25 Å². The molecule has 66 valence electrons. The van der Waals surface area contributed by atoms with Gasteiger partial charge in [0.1, 0.15) is 12.2 Å². The number of aromatic nitrogens is 3. The molecule has 0 radical (unpaired) electrons. The van der Waals surface area contributed by atoms with Crippen LogP contribution in [0, 0.1) is 0 Å². The molecule has 3 N–H and O–H groups in total. The molecular formula is C5H9N3O3P+. The highest BCUT2D eigenvalue weighted by Gasteiger charge is 1.93. The van der Waals surface area contributed by atoms with Crippen molar-refractivity contribution in [3.05, 3.63) is 18.2 Å². The zero-order valence-electron chi connectivity index (χ0n) is 6.38. The van der Waals surface area contributed by atoms with Gasteiger partial charge < -0.3 is 0 Å². The number of rotatable bonds is 1. The summed E-state index contributed by atoms with van der Waals surface area (Å²) in [5, 5.41) is 6.34. The third kappa shape index (κ3) is 7.01. The fourth-order valence-electron chi connectivity index (χ4n) is 0.453. The van der Waals surface area contributed by atoms with Gasteiger partial charge in [0.05, 0.1) is 0 Å². The minimum Gasteiger partial charge on any atom is -0.260 e. The van der Waals surface area contributed by atoms with Crippen molar-refractivity contribution in [1.29, 1.82) is 0 Å². The van der Waals surface area contributed by atoms with E-state index in [0.29, 0.717) is 0 Å². The second kappa shape index (κ2) is 6.60. The monoisotopic (exact) mass is 190 g/mol. The fraction of sp³-hybridized carbons (Fsp3) is 0.200. The first kappa shape index (κ1) is 10.9. The van der Waals surface area contributed by atoms with Gasteiger partial charge in [0.2, 0.25) is 0 Å². The van der Waals surface area contributed by atoms with Gasteiger partial charge in [-0.3, -0.25) is 5.10 Å². The average Bonchev–Trinajstić information content (AvgIpc) is 2.39. The third-order valence-corrected chi connectivity index (χ3v) is 0.758. The molecule has 0 bridgehead atoms. The number of nitrogens with one attached hydrogen (secondary N) is 1. The van der Waals surface area contributed by atoms with Crippen LogP contribution in [0.5, 0.6) is 0 Å². The standard InChI is InChI=1S/C5H7N3.HO3P/c1-2-3-5-6-4-7-8-5;1-4(2)3/h2-4H,1H3,(H,6,7,8);(H-,1,2,3)/p+1/b3-2+;. The molecule has 0 saturated heterocycles. The molecule has 0 aliphatic rings. The second-order valence-electron chi connectivity index (χ2n) is 1.62. The molecule has 6 nitrogen and oxygen atoms in total. The van der Waals surface area contributed by atoms with Crippen molar-refractivity contribution >= 4 is 14.3 Å². The Morgan fingerprint density at radius 2 is 2.25 bits per heavy atom. The highest BCUT2D eigenvalue weighted by Crippen LogP contribution is 1.98. The van der Waals surface area contributed by atoms with E-state index in [4.69, 9.17) is 14.4 Å². The lowest BCUT2D eigenvalue weighted by Crippen LogP contribution is -1.71. The first-order valence-electron chi connectivity index (χ1n) is 3.00. The van der Waals surface area contributed by atoms with Crippen LogP contribution in [0.1, 0.15) is 12.7 Å². The number of hydrogen-bond acceptors (Lipinski definition) is 3. The molecule has 1 aromatic rings. The molecule has 0 unspecified atom stereocenters. The van der Waals surface area contributed by atoms with Crippen LogP contribution in [-0.2, 0) is 4.57 Å². The minimum absolute atomic E-state index is 0.799. The summed E-state index contributed by atoms with van der Waals surface area (Å²) in [6.07, 6.45) is 5.24. The van der Waals surface area contributed by atoms with E-state index < -0.39 is 8.25 Å². The van der Waals surface area contributed by atoms with Crippen LogP contribution in [0.25, 0.3) is 6.08 Å². The van der Waals surface area contributed by atoms with E-state index in [1.165, 1.54) is 6.33 Å². The predicted octanol–water partition coefficient (Wildman–Crippen LogP) is 0.466. The van der Waals surface area contributed by atoms with Crippen molar-refractivity contribution in [2.24, 2.45) is 0 Å². The summed E-state index contributed by atoms with van der Waals surface area (Å²) < 4.78 is 8.70. The van der Waals surface area contributed by atoms with E-state index in [9.17, 15) is 0 Å². The summed E-state index contributed by atoms with van der Waals surface area (Å²) in [6, 6.07) is 0. The maximum atomic E-state index is 8.70. The maximum absolute atomic E-state index is 8.70. The van der Waals surface area contributed by atoms with Gasteiger partial charge in [-0.25, -0.2) is 4.98 Å². The molecule has 0 saturated carbocycles. The quantitative estimate of drug-likeness (QED) is 0.559. The zero-order valence-corrected chi connectivity index (χ0v) is 7.27. The Hall–Kier alpha value is -1.10. The fourth-order valence-corrected chi connectivity index (χ4v) is 0.453. The van der Waals surface area contributed by atoms with Crippen molar-refractivity contribution in [3.63, 3.8) is 0 Å². The average molecular weight is 190 g/mol. The van der Waals surface area contributed by atoms with Crippen molar-refractivity contribution < 1.29 is 14.4 Å². The Kier molecular flexibility index (Phi) is 6.00. The van der Waals surface area contributed by atoms with Gasteiger partial charge in [0.15, 0.2) is 0 Å². The smallest absolute Gasteiger partial charge is 0.260 e. The molecule has 0 atom stereocenters. The third-order valence-electron chi connectivity index (χ3n) is 0.758. The largest absolute Gasteiger partial charge is 0.692 e. The molecule has 0 aliphatic heterocycles. The molecular weight excluding hydrogens is 181 g/mol. The lowest BCUT2D eigenvalue weighted by Gasteiger charge is -1.74. The normalized spacial score (nSPS) is 9.25. The highest BCUT2D eigenvalue weighted by molar-refractivity contribution is 7.30. The van der Waals surface area contributed by atoms with Crippen LogP contribution in [0.3, 0.4) is 0 Å². The predicted molar refractivity (Wildman–Crippen MR) is 43.1 cm³/mol. The van der Waals surface area contributed by atoms with Crippen LogP contribution in [-0.4, -0.2) is 25.0 Å². The zero-order chi connectivity index (χ0) is 9.40. The molecule has 0 fully saturated rings. The summed E-state index contributed by atoms with van der Waals surface area (Å²) in [5.41, 5.74) is 0. The summed E-state index contributed by atoms with van der Waals surface area (Å²) in [5.74, 6) is 0.799. The number of hydrogen-bond donors (Lipinski definition) is 3. The molecule has 0 amide bonds. The number of H-pyrrole nitrogens is 1. The SMILES string of the molecule is C/C=C/c1ncn[nH]1.O=[P+](O)O. The van der Waals surface area contributed by atoms with Gasteiger partial charge >= 0.3 is 8.25 Å². The lowest BCUT2D eigenvalue weighted by molar-refractivity contribution is 0.405. The van der Waals surface area contributed by atoms with Crippen molar-refractivity contribution in [1.82, 2.24) is 15.2 Å². The summed E-state index contributed by atoms with van der Waals surface area (Å²) in [4.78, 5) is 18.1. The number of allylic oxidation sites excluding steroid dienone is 1. The molecule has 1 heterocycles. The highest BCUT2D eigenvalue weighted by atomic mass is 31.1. The minimum atomic E-state index is -2.87. The molecule has 1 rings (SSSR count). The number of aromatic amines is 1. The van der Waals surface area contributed by atoms with Crippen LogP contribution in [0.4, 0.5) is 0 Å². The topological polar surface area (TPSA) is 99.1 Å². The Morgan fingerprint density at radius 3 is 2.58 bits per heavy atom. The van der Waals surface area contributed by atoms with Crippen molar-refractivity contribution in [2.45, 2.75) is 6.92 Å². The molecule has 12 heavy (non-hydrogen) atoms. The molecule has 0 aliphatic carbocycles. The maximum Gasteiger partial charge on any atom is 0.692 e. The molecule has 0 aromatic carbocycles. The van der Waals surface area contributed by atoms with E-state index >= 15 is 0 Å². The van der Waals surface area contributed by atoms with Crippen LogP contribution in [0.15, 0.2) is 12.4 Å². The second-order valence-corrected chi connectivity index (χ2v) is 2.13. The van der Waals surface area contributed by atoms with E-state index in [1.807, 2.05) is 19.1 Å². The van der Waals surface area contributed by atoms with Gasteiger partial charge in [-0.2, -0.15) is 5.10 Å². The summed E-state index contributed by atoms with van der Waals surface area (Å²) in [7, 11) is -2.87. The first-order valence-corrected chi connectivity index (χ1v) is 4.16. The van der Waals surface area contributed by atoms with Gasteiger partial charge in [0, 0.05) is 4.57 Å². The van der Waals surface area contributed by atoms with Crippen LogP contribution in [0.2, 0.25) is 0 Å². The Bertz CT molecular complexity index is 242. The Labute approximate surface area is 69.9 Å². The van der Waals surface area contributed by atoms with Crippen molar-refractivity contribution in [2.75, 3.05) is 0 Å². The molecule has 0 spiro atoms. The summed E-state index contributed by atoms with van der Waals surface area (Å²) in [6.45, 7) is 1.93. The first-order chi connectivity index (χ1) is 5.66. The van der Waals surface area contributed by atoms with Gasteiger partial charge in [-0.15, -0.1) is 9.79 Å². The van der Waals surface area contributed by atoms with Gasteiger partial charge in [0.25, 0.3) is 0 Å². The summed E-state index contributed by atoms with van der Waals surface area (Å²) >= 11 is 0. The Morgan fingerprint density at radius 1 is 1.67 bits per heavy atom. The van der Waals surface area contributed by atoms with E-state index in [1.54, 1.807) is 0 Å². The van der Waals surface area contributed by atoms with E-state index in [0.717, 1.165) is 5.82 Å². The lowest BCUT2D eigenvalue weighted by atomic mass is 10.5. The molecule has 1 aromatic heterocycles. The van der Waals surface area contributed by atoms with Gasteiger partial charge in [-0.05, 0) is 13.0 Å². The van der Waals surface area contributed by atoms with E-state index in [-0.39, 0.29) is 0 Å². The van der Waals surface area contributed by atoms with E-state index in [2.05, 4.69) is 15.2 Å². The number of nitrogens with zero attached hydrogens (tertiary/aromatic N) is 2. The van der Waals surface area contributed by atoms with Gasteiger partial charge in [-0.1, -0.05) is 6.08 Å². The molecule has 7 heteroatoms.